The molecule has 1 unspecified atom stereocenters. The number of aliphatic hydroxyl groups excluding tert-OH is 1. The van der Waals surface area contributed by atoms with Gasteiger partial charge >= 0.3 is 0 Å². The van der Waals surface area contributed by atoms with E-state index in [0.29, 0.717) is 0 Å². The fourth-order valence-corrected chi connectivity index (χ4v) is 3.33. The van der Waals surface area contributed by atoms with Crippen LogP contribution in [0.15, 0.2) is 0 Å². The highest BCUT2D eigenvalue weighted by atomic mass is 32.2. The second kappa shape index (κ2) is 3.24. The summed E-state index contributed by atoms with van der Waals surface area (Å²) in [6.45, 7) is 0. The van der Waals surface area contributed by atoms with Crippen molar-refractivity contribution in [3.63, 3.8) is 0 Å². The van der Waals surface area contributed by atoms with Crippen molar-refractivity contribution in [3.8, 4) is 0 Å². The maximum Gasteiger partial charge on any atom is 0.234 e. The Bertz CT molecular complexity index is 313. The highest BCUT2D eigenvalue weighted by molar-refractivity contribution is 7.91. The Balaban J connectivity index is 2.79. The van der Waals surface area contributed by atoms with Gasteiger partial charge in [0, 0.05) is 5.92 Å². The first-order valence-corrected chi connectivity index (χ1v) is 5.59. The Hall–Kier alpha value is -0.660. The second-order valence-electron chi connectivity index (χ2n) is 3.24. The summed E-state index contributed by atoms with van der Waals surface area (Å²) in [5.41, 5.74) is 10.2. The lowest BCUT2D eigenvalue weighted by Gasteiger charge is -2.17. The zero-order chi connectivity index (χ0) is 10.2. The predicted octanol–water partition coefficient (Wildman–Crippen LogP) is -2.80. The monoisotopic (exact) mass is 208 g/mol. The molecule has 13 heavy (non-hydrogen) atoms. The third-order valence-corrected chi connectivity index (χ3v) is 3.90. The van der Waals surface area contributed by atoms with Crippen molar-refractivity contribution < 1.29 is 18.3 Å². The van der Waals surface area contributed by atoms with E-state index in [1.807, 2.05) is 0 Å². The number of carbonyl (C=O) groups is 1. The number of aliphatic hydroxyl groups is 1. The van der Waals surface area contributed by atoms with Crippen LogP contribution < -0.4 is 11.5 Å². The topological polar surface area (TPSA) is 123 Å². The van der Waals surface area contributed by atoms with Crippen LogP contribution in [0.2, 0.25) is 0 Å². The summed E-state index contributed by atoms with van der Waals surface area (Å²) in [6.07, 6.45) is -1.08. The quantitative estimate of drug-likeness (QED) is 0.452. The van der Waals surface area contributed by atoms with Crippen LogP contribution in [0.3, 0.4) is 0 Å². The normalized spacial score (nSPS) is 34.3. The number of rotatable bonds is 2. The minimum absolute atomic E-state index is 0.266. The Morgan fingerprint density at radius 1 is 1.46 bits per heavy atom. The van der Waals surface area contributed by atoms with Crippen molar-refractivity contribution in [2.75, 3.05) is 11.5 Å². The molecule has 0 bridgehead atoms. The zero-order valence-electron chi connectivity index (χ0n) is 6.88. The second-order valence-corrected chi connectivity index (χ2v) is 5.39. The molecule has 1 aliphatic rings. The van der Waals surface area contributed by atoms with Crippen molar-refractivity contribution in [1.82, 2.24) is 0 Å². The number of hydrogen-bond acceptors (Lipinski definition) is 5. The molecule has 76 valence electrons. The minimum Gasteiger partial charge on any atom is -0.392 e. The Labute approximate surface area is 75.8 Å². The molecule has 0 aliphatic carbocycles. The van der Waals surface area contributed by atoms with Crippen molar-refractivity contribution in [2.45, 2.75) is 12.1 Å². The molecule has 5 N–H and O–H groups in total. The van der Waals surface area contributed by atoms with Gasteiger partial charge in [-0.05, 0) is 0 Å². The van der Waals surface area contributed by atoms with Gasteiger partial charge in [0.2, 0.25) is 5.91 Å². The lowest BCUT2D eigenvalue weighted by Crippen LogP contribution is -2.46. The van der Waals surface area contributed by atoms with E-state index in [9.17, 15) is 18.3 Å². The molecule has 0 spiro atoms. The highest BCUT2D eigenvalue weighted by Crippen LogP contribution is 2.21. The molecule has 1 amide bonds. The molecule has 3 atom stereocenters. The average Bonchev–Trinajstić information content (AvgIpc) is 2.22. The van der Waals surface area contributed by atoms with E-state index in [1.54, 1.807) is 0 Å². The maximum atomic E-state index is 11.0. The standard InChI is InChI=1S/C6H12N2O4S/c7-5(6(8)10)3-1-13(11,12)2-4(3)9/h3-5,9H,1-2,7H2,(H2,8,10)/t3-,4-,5?/m1/s1. The molecular formula is C6H12N2O4S. The van der Waals surface area contributed by atoms with E-state index in [1.165, 1.54) is 0 Å². The van der Waals surface area contributed by atoms with Gasteiger partial charge in [0.1, 0.15) is 0 Å². The van der Waals surface area contributed by atoms with Crippen LogP contribution in [0.25, 0.3) is 0 Å². The van der Waals surface area contributed by atoms with Gasteiger partial charge in [0.25, 0.3) is 0 Å². The van der Waals surface area contributed by atoms with E-state index in [4.69, 9.17) is 11.5 Å². The summed E-state index contributed by atoms with van der Waals surface area (Å²) in [6, 6.07) is -1.09. The summed E-state index contributed by atoms with van der Waals surface area (Å²) in [4.78, 5) is 10.6. The summed E-state index contributed by atoms with van der Waals surface area (Å²) >= 11 is 0. The molecule has 1 rings (SSSR count). The van der Waals surface area contributed by atoms with Crippen molar-refractivity contribution >= 4 is 15.7 Å². The molecular weight excluding hydrogens is 196 g/mol. The lowest BCUT2D eigenvalue weighted by atomic mass is 9.97. The lowest BCUT2D eigenvalue weighted by molar-refractivity contribution is -0.121. The summed E-state index contributed by atoms with van der Waals surface area (Å²) in [5, 5.41) is 9.28. The number of nitrogens with two attached hydrogens (primary N) is 2. The number of primary amides is 1. The first-order valence-electron chi connectivity index (χ1n) is 3.77. The largest absolute Gasteiger partial charge is 0.392 e. The smallest absolute Gasteiger partial charge is 0.234 e. The van der Waals surface area contributed by atoms with Gasteiger partial charge in [-0.1, -0.05) is 0 Å². The van der Waals surface area contributed by atoms with Gasteiger partial charge in [-0.3, -0.25) is 4.79 Å². The van der Waals surface area contributed by atoms with Gasteiger partial charge < -0.3 is 16.6 Å². The molecule has 6 nitrogen and oxygen atoms in total. The molecule has 1 aliphatic heterocycles. The fraction of sp³-hybridized carbons (Fsp3) is 0.833. The summed E-state index contributed by atoms with van der Waals surface area (Å²) in [7, 11) is -3.26. The van der Waals surface area contributed by atoms with Crippen LogP contribution >= 0.6 is 0 Å². The molecule has 0 aromatic carbocycles. The maximum absolute atomic E-state index is 11.0. The van der Waals surface area contributed by atoms with Crippen LogP contribution in [0, 0.1) is 5.92 Å². The van der Waals surface area contributed by atoms with Crippen LogP contribution in [0.5, 0.6) is 0 Å². The third-order valence-electron chi connectivity index (χ3n) is 2.16. The number of sulfone groups is 1. The van der Waals surface area contributed by atoms with Crippen LogP contribution in [0.1, 0.15) is 0 Å². The SMILES string of the molecule is NC(=O)C(N)[C@@H]1CS(=O)(=O)C[C@H]1O. The van der Waals surface area contributed by atoms with Crippen molar-refractivity contribution in [2.24, 2.45) is 17.4 Å². The third kappa shape index (κ3) is 2.17. The zero-order valence-corrected chi connectivity index (χ0v) is 7.70. The molecule has 1 saturated heterocycles. The van der Waals surface area contributed by atoms with Crippen molar-refractivity contribution in [1.29, 1.82) is 0 Å². The van der Waals surface area contributed by atoms with Gasteiger partial charge in [-0.25, -0.2) is 8.42 Å². The van der Waals surface area contributed by atoms with Crippen LogP contribution in [0.4, 0.5) is 0 Å². The van der Waals surface area contributed by atoms with E-state index < -0.39 is 33.8 Å². The molecule has 0 aromatic rings. The van der Waals surface area contributed by atoms with E-state index in [2.05, 4.69) is 0 Å². The Morgan fingerprint density at radius 2 is 2.00 bits per heavy atom. The van der Waals surface area contributed by atoms with E-state index >= 15 is 0 Å². The fourth-order valence-electron chi connectivity index (χ4n) is 1.41. The number of amides is 1. The van der Waals surface area contributed by atoms with E-state index in [0.717, 1.165) is 0 Å². The van der Waals surface area contributed by atoms with Gasteiger partial charge in [0.05, 0.1) is 23.7 Å². The van der Waals surface area contributed by atoms with E-state index in [-0.39, 0.29) is 11.5 Å². The van der Waals surface area contributed by atoms with Gasteiger partial charge in [0.15, 0.2) is 9.84 Å². The molecule has 0 saturated carbocycles. The first-order chi connectivity index (χ1) is 5.83. The minimum atomic E-state index is -3.26. The average molecular weight is 208 g/mol. The summed E-state index contributed by atoms with van der Waals surface area (Å²) in [5.74, 6) is -2.15. The summed E-state index contributed by atoms with van der Waals surface area (Å²) < 4.78 is 22.0. The number of carbonyl (C=O) groups excluding carboxylic acids is 1. The van der Waals surface area contributed by atoms with Gasteiger partial charge in [-0.2, -0.15) is 0 Å². The molecule has 1 heterocycles. The van der Waals surface area contributed by atoms with Crippen molar-refractivity contribution in [3.05, 3.63) is 0 Å². The van der Waals surface area contributed by atoms with Crippen LogP contribution in [-0.4, -0.2) is 43.1 Å². The first kappa shape index (κ1) is 10.4. The molecule has 0 radical (unpaired) electrons. The Kier molecular flexibility index (Phi) is 2.60. The van der Waals surface area contributed by atoms with Gasteiger partial charge in [-0.15, -0.1) is 0 Å². The molecule has 7 heteroatoms. The Morgan fingerprint density at radius 3 is 2.31 bits per heavy atom. The highest BCUT2D eigenvalue weighted by Gasteiger charge is 2.41. The van der Waals surface area contributed by atoms with Crippen LogP contribution in [-0.2, 0) is 14.6 Å². The number of hydrogen-bond donors (Lipinski definition) is 3. The molecule has 0 aromatic heterocycles. The predicted molar refractivity (Wildman–Crippen MR) is 45.3 cm³/mol. The molecule has 1 fully saturated rings.